The number of anilines is 1. The van der Waals surface area contributed by atoms with Crippen molar-refractivity contribution in [2.45, 2.75) is 51.3 Å². The Morgan fingerprint density at radius 3 is 2.24 bits per heavy atom. The van der Waals surface area contributed by atoms with Gasteiger partial charge in [-0.15, -0.1) is 11.8 Å². The van der Waals surface area contributed by atoms with Crippen molar-refractivity contribution >= 4 is 46.7 Å². The van der Waals surface area contributed by atoms with Crippen molar-refractivity contribution in [1.29, 1.82) is 0 Å². The number of carbonyl (C=O) groups excluding carboxylic acids is 1. The molecule has 9 heteroatoms. The standard InChI is InChI=1S/C26H37N5OS.C6H4Cl2/c1-19-16-20(2)18-22(17-19)26(32)29(4)9-5-6-10-30-11-13-31(14-12-30)25-24-23(8-7-15-33-24)27-21(3)28-25;7-5-3-1-2-4-6(5)8/h16-18H,5-15H2,1-4H3;1-4H. The Kier molecular flexibility index (Phi) is 11.7. The summed E-state index contributed by atoms with van der Waals surface area (Å²) in [4.78, 5) is 30.4. The zero-order valence-electron chi connectivity index (χ0n) is 24.6. The molecule has 2 aliphatic heterocycles. The molecule has 1 saturated heterocycles. The molecular weight excluding hydrogens is 573 g/mol. The van der Waals surface area contributed by atoms with E-state index in [1.807, 2.05) is 68.7 Å². The number of carbonyl (C=O) groups is 1. The summed E-state index contributed by atoms with van der Waals surface area (Å²) in [5.74, 6) is 3.35. The fourth-order valence-electron chi connectivity index (χ4n) is 5.28. The molecule has 0 bridgehead atoms. The fraction of sp³-hybridized carbons (Fsp3) is 0.469. The van der Waals surface area contributed by atoms with E-state index in [2.05, 4.69) is 15.9 Å². The number of rotatable bonds is 7. The van der Waals surface area contributed by atoms with Crippen LogP contribution < -0.4 is 4.90 Å². The van der Waals surface area contributed by atoms with Gasteiger partial charge in [-0.05, 0) is 83.0 Å². The number of fused-ring (bicyclic) bond motifs is 1. The summed E-state index contributed by atoms with van der Waals surface area (Å²) in [7, 11) is 1.92. The molecule has 0 spiro atoms. The molecule has 3 aromatic rings. The highest BCUT2D eigenvalue weighted by Gasteiger charge is 2.24. The third-order valence-electron chi connectivity index (χ3n) is 7.36. The molecule has 1 amide bonds. The molecule has 6 nitrogen and oxygen atoms in total. The smallest absolute Gasteiger partial charge is 0.253 e. The van der Waals surface area contributed by atoms with Gasteiger partial charge in [-0.2, -0.15) is 0 Å². The molecule has 0 atom stereocenters. The first-order valence-corrected chi connectivity index (χ1v) is 16.2. The Morgan fingerprint density at radius 1 is 0.951 bits per heavy atom. The lowest BCUT2D eigenvalue weighted by atomic mass is 10.1. The summed E-state index contributed by atoms with van der Waals surface area (Å²) in [6.45, 7) is 12.2. The Labute approximate surface area is 259 Å². The number of amides is 1. The minimum absolute atomic E-state index is 0.122. The maximum Gasteiger partial charge on any atom is 0.253 e. The maximum atomic E-state index is 12.7. The van der Waals surface area contributed by atoms with Crippen molar-refractivity contribution < 1.29 is 4.79 Å². The first-order valence-electron chi connectivity index (χ1n) is 14.4. The third kappa shape index (κ3) is 9.08. The Balaban J connectivity index is 0.000000417. The number of hydrogen-bond acceptors (Lipinski definition) is 6. The topological polar surface area (TPSA) is 52.6 Å². The van der Waals surface area contributed by atoms with Gasteiger partial charge in [0.25, 0.3) is 5.91 Å². The second kappa shape index (κ2) is 15.2. The zero-order valence-corrected chi connectivity index (χ0v) is 27.0. The molecule has 0 N–H and O–H groups in total. The minimum Gasteiger partial charge on any atom is -0.353 e. The predicted octanol–water partition coefficient (Wildman–Crippen LogP) is 7.11. The van der Waals surface area contributed by atoms with Crippen LogP contribution >= 0.6 is 35.0 Å². The molecule has 0 radical (unpaired) electrons. The van der Waals surface area contributed by atoms with E-state index in [0.29, 0.717) is 10.0 Å². The van der Waals surface area contributed by atoms with Gasteiger partial charge >= 0.3 is 0 Å². The molecule has 3 heterocycles. The van der Waals surface area contributed by atoms with Gasteiger partial charge in [0.15, 0.2) is 0 Å². The van der Waals surface area contributed by atoms with E-state index in [0.717, 1.165) is 86.9 Å². The van der Waals surface area contributed by atoms with E-state index >= 15 is 0 Å². The highest BCUT2D eigenvalue weighted by molar-refractivity contribution is 7.99. The van der Waals surface area contributed by atoms with Crippen molar-refractivity contribution in [2.24, 2.45) is 0 Å². The van der Waals surface area contributed by atoms with Crippen LogP contribution in [-0.2, 0) is 6.42 Å². The molecule has 0 saturated carbocycles. The van der Waals surface area contributed by atoms with Crippen molar-refractivity contribution in [1.82, 2.24) is 19.8 Å². The van der Waals surface area contributed by atoms with Crippen LogP contribution in [0.1, 0.15) is 52.3 Å². The summed E-state index contributed by atoms with van der Waals surface area (Å²) in [6.07, 6.45) is 4.44. The molecule has 5 rings (SSSR count). The monoisotopic (exact) mass is 613 g/mol. The van der Waals surface area contributed by atoms with Crippen LogP contribution in [0.3, 0.4) is 0 Å². The maximum absolute atomic E-state index is 12.7. The highest BCUT2D eigenvalue weighted by atomic mass is 35.5. The minimum atomic E-state index is 0.122. The quantitative estimate of drug-likeness (QED) is 0.265. The van der Waals surface area contributed by atoms with Crippen LogP contribution in [0.2, 0.25) is 10.0 Å². The average Bonchev–Trinajstić information content (AvgIpc) is 2.96. The van der Waals surface area contributed by atoms with Gasteiger partial charge in [0.2, 0.25) is 0 Å². The van der Waals surface area contributed by atoms with Crippen LogP contribution in [0, 0.1) is 20.8 Å². The number of benzene rings is 2. The molecule has 0 aliphatic carbocycles. The fourth-order valence-corrected chi connectivity index (χ4v) is 6.66. The van der Waals surface area contributed by atoms with Crippen LogP contribution in [0.15, 0.2) is 47.4 Å². The van der Waals surface area contributed by atoms with E-state index in [4.69, 9.17) is 33.2 Å². The van der Waals surface area contributed by atoms with Crippen molar-refractivity contribution in [3.05, 3.63) is 80.7 Å². The molecule has 1 aromatic heterocycles. The lowest BCUT2D eigenvalue weighted by Crippen LogP contribution is -2.47. The molecule has 1 fully saturated rings. The molecular formula is C32H41Cl2N5OS. The van der Waals surface area contributed by atoms with Gasteiger partial charge in [-0.25, -0.2) is 9.97 Å². The average molecular weight is 615 g/mol. The van der Waals surface area contributed by atoms with Crippen LogP contribution in [0.5, 0.6) is 0 Å². The van der Waals surface area contributed by atoms with Gasteiger partial charge in [-0.1, -0.05) is 52.5 Å². The van der Waals surface area contributed by atoms with E-state index in [1.54, 1.807) is 12.1 Å². The van der Waals surface area contributed by atoms with Crippen LogP contribution in [-0.4, -0.2) is 77.7 Å². The lowest BCUT2D eigenvalue weighted by Gasteiger charge is -2.37. The molecule has 2 aromatic carbocycles. The number of thioether (sulfide) groups is 1. The van der Waals surface area contributed by atoms with Crippen molar-refractivity contribution in [3.63, 3.8) is 0 Å². The molecule has 41 heavy (non-hydrogen) atoms. The van der Waals surface area contributed by atoms with E-state index in [-0.39, 0.29) is 5.91 Å². The van der Waals surface area contributed by atoms with Crippen molar-refractivity contribution in [2.75, 3.05) is 57.0 Å². The number of unbranched alkanes of at least 4 members (excludes halogenated alkanes) is 1. The van der Waals surface area contributed by atoms with E-state index in [1.165, 1.54) is 22.8 Å². The molecule has 0 unspecified atom stereocenters. The second-order valence-electron chi connectivity index (χ2n) is 10.9. The number of aryl methyl sites for hydroxylation is 4. The van der Waals surface area contributed by atoms with E-state index < -0.39 is 0 Å². The van der Waals surface area contributed by atoms with Gasteiger partial charge in [0, 0.05) is 45.3 Å². The molecule has 2 aliphatic rings. The summed E-state index contributed by atoms with van der Waals surface area (Å²) >= 11 is 13.1. The van der Waals surface area contributed by atoms with Crippen molar-refractivity contribution in [3.8, 4) is 0 Å². The number of piperazine rings is 1. The van der Waals surface area contributed by atoms with E-state index in [9.17, 15) is 4.79 Å². The summed E-state index contributed by atoms with van der Waals surface area (Å²) in [5.41, 5.74) is 4.33. The third-order valence-corrected chi connectivity index (χ3v) is 9.32. The Hall–Kier alpha value is -2.32. The Morgan fingerprint density at radius 2 is 1.61 bits per heavy atom. The number of nitrogens with zero attached hydrogens (tertiary/aromatic N) is 5. The molecule has 220 valence electrons. The van der Waals surface area contributed by atoms with Gasteiger partial charge in [0.1, 0.15) is 11.6 Å². The highest BCUT2D eigenvalue weighted by Crippen LogP contribution is 2.36. The number of hydrogen-bond donors (Lipinski definition) is 0. The number of aromatic nitrogens is 2. The summed E-state index contributed by atoms with van der Waals surface area (Å²) < 4.78 is 0. The first kappa shape index (κ1) is 31.6. The van der Waals surface area contributed by atoms with Gasteiger partial charge in [-0.3, -0.25) is 9.69 Å². The lowest BCUT2D eigenvalue weighted by molar-refractivity contribution is 0.0791. The zero-order chi connectivity index (χ0) is 29.4. The first-order chi connectivity index (χ1) is 19.7. The van der Waals surface area contributed by atoms with Crippen LogP contribution in [0.4, 0.5) is 5.82 Å². The summed E-state index contributed by atoms with van der Waals surface area (Å²) in [5, 5.41) is 1.21. The van der Waals surface area contributed by atoms with Crippen LogP contribution in [0.25, 0.3) is 0 Å². The normalized spacial score (nSPS) is 15.1. The summed E-state index contributed by atoms with van der Waals surface area (Å²) in [6, 6.07) is 13.3. The van der Waals surface area contributed by atoms with Gasteiger partial charge in [0.05, 0.1) is 20.6 Å². The Bertz CT molecular complexity index is 1290. The SMILES string of the molecule is Cc1cc(C)cc(C(=O)N(C)CCCCN2CCN(c3nc(C)nc4c3SCCC4)CC2)c1.Clc1ccccc1Cl. The largest absolute Gasteiger partial charge is 0.353 e. The second-order valence-corrected chi connectivity index (χ2v) is 12.8. The van der Waals surface area contributed by atoms with Gasteiger partial charge < -0.3 is 9.80 Å². The number of halogens is 2. The predicted molar refractivity (Wildman–Crippen MR) is 173 cm³/mol.